The first-order valence-corrected chi connectivity index (χ1v) is 4.82. The van der Waals surface area contributed by atoms with Crippen molar-refractivity contribution in [1.82, 2.24) is 0 Å². The van der Waals surface area contributed by atoms with E-state index in [-0.39, 0.29) is 5.71 Å². The Morgan fingerprint density at radius 3 is 2.86 bits per heavy atom. The van der Waals surface area contributed by atoms with Crippen molar-refractivity contribution in [2.45, 2.75) is 10.3 Å². The smallest absolute Gasteiger partial charge is 0.353 e. The van der Waals surface area contributed by atoms with E-state index in [0.29, 0.717) is 5.69 Å². The molecular weight excluding hydrogens is 202 g/mol. The fourth-order valence-corrected chi connectivity index (χ4v) is 2.06. The molecule has 2 N–H and O–H groups in total. The van der Waals surface area contributed by atoms with Crippen molar-refractivity contribution in [1.29, 1.82) is 0 Å². The lowest BCUT2D eigenvalue weighted by molar-refractivity contribution is -0.129. The predicted molar refractivity (Wildman–Crippen MR) is 53.0 cm³/mol. The maximum absolute atomic E-state index is 10.7. The molecule has 1 heterocycles. The molecule has 2 rings (SSSR count). The van der Waals surface area contributed by atoms with Gasteiger partial charge in [-0.2, -0.15) is 0 Å². The van der Waals surface area contributed by atoms with Crippen molar-refractivity contribution in [3.8, 4) is 0 Å². The molecular formula is C9H7NO3S. The molecule has 0 aliphatic carbocycles. The Morgan fingerprint density at radius 2 is 2.14 bits per heavy atom. The number of rotatable bonds is 1. The van der Waals surface area contributed by atoms with E-state index in [1.165, 1.54) is 0 Å². The van der Waals surface area contributed by atoms with Crippen LogP contribution in [0.25, 0.3) is 0 Å². The van der Waals surface area contributed by atoms with Gasteiger partial charge in [0.05, 0.1) is 5.69 Å². The van der Waals surface area contributed by atoms with Crippen molar-refractivity contribution < 1.29 is 15.0 Å². The number of aliphatic hydroxyl groups is 1. The van der Waals surface area contributed by atoms with Crippen LogP contribution in [0.5, 0.6) is 0 Å². The van der Waals surface area contributed by atoms with Gasteiger partial charge >= 0.3 is 5.97 Å². The maximum Gasteiger partial charge on any atom is 0.353 e. The van der Waals surface area contributed by atoms with Gasteiger partial charge in [0.15, 0.2) is 11.1 Å². The number of carbonyl (C=O) groups is 1. The summed E-state index contributed by atoms with van der Waals surface area (Å²) in [5, 5.41) is 18.2. The molecule has 0 amide bonds. The van der Waals surface area contributed by atoms with Crippen molar-refractivity contribution in [3.63, 3.8) is 0 Å². The summed E-state index contributed by atoms with van der Waals surface area (Å²) in [6.07, 6.45) is 0. The van der Waals surface area contributed by atoms with Gasteiger partial charge in [-0.25, -0.2) is 9.79 Å². The van der Waals surface area contributed by atoms with Crippen LogP contribution in [0.3, 0.4) is 0 Å². The lowest BCUT2D eigenvalue weighted by atomic mass is 10.3. The highest BCUT2D eigenvalue weighted by atomic mass is 32.2. The molecule has 1 aromatic rings. The van der Waals surface area contributed by atoms with Crippen LogP contribution in [-0.2, 0) is 4.79 Å². The first kappa shape index (κ1) is 9.23. The monoisotopic (exact) mass is 209 g/mol. The summed E-state index contributed by atoms with van der Waals surface area (Å²) in [6, 6.07) is 7.11. The Hall–Kier alpha value is -1.33. The van der Waals surface area contributed by atoms with Gasteiger partial charge in [0, 0.05) is 4.90 Å². The zero-order valence-corrected chi connectivity index (χ0v) is 7.86. The highest BCUT2D eigenvalue weighted by molar-refractivity contribution is 8.00. The topological polar surface area (TPSA) is 69.9 Å². The predicted octanol–water partition coefficient (Wildman–Crippen LogP) is 1.27. The van der Waals surface area contributed by atoms with E-state index in [1.807, 2.05) is 6.07 Å². The fourth-order valence-electron chi connectivity index (χ4n) is 1.16. The number of carboxylic acids is 1. The molecule has 1 aliphatic heterocycles. The molecule has 0 spiro atoms. The van der Waals surface area contributed by atoms with Gasteiger partial charge in [-0.3, -0.25) is 0 Å². The van der Waals surface area contributed by atoms with E-state index < -0.39 is 11.4 Å². The third kappa shape index (κ3) is 1.51. The van der Waals surface area contributed by atoms with Crippen molar-refractivity contribution in [3.05, 3.63) is 24.3 Å². The van der Waals surface area contributed by atoms with E-state index >= 15 is 0 Å². The van der Waals surface area contributed by atoms with Crippen LogP contribution in [0, 0.1) is 0 Å². The second-order valence-electron chi connectivity index (χ2n) is 2.74. The zero-order chi connectivity index (χ0) is 10.1. The van der Waals surface area contributed by atoms with Gasteiger partial charge in [-0.15, -0.1) is 0 Å². The molecule has 1 aliphatic rings. The van der Waals surface area contributed by atoms with E-state index in [4.69, 9.17) is 5.11 Å². The molecule has 0 saturated carbocycles. The quantitative estimate of drug-likeness (QED) is 0.730. The molecule has 0 aromatic heterocycles. The van der Waals surface area contributed by atoms with Gasteiger partial charge < -0.3 is 10.2 Å². The first-order valence-electron chi connectivity index (χ1n) is 3.94. The third-order valence-corrected chi connectivity index (χ3v) is 2.84. The van der Waals surface area contributed by atoms with Gasteiger partial charge in [0.25, 0.3) is 0 Å². The fraction of sp³-hybridized carbons (Fsp3) is 0.111. The summed E-state index contributed by atoms with van der Waals surface area (Å²) in [7, 11) is 0. The summed E-state index contributed by atoms with van der Waals surface area (Å²) >= 11 is 1.09. The number of aliphatic hydroxyl groups excluding tert-OH is 1. The average Bonchev–Trinajstić information content (AvgIpc) is 2.16. The van der Waals surface area contributed by atoms with Gasteiger partial charge in [0.1, 0.15) is 0 Å². The van der Waals surface area contributed by atoms with Crippen LogP contribution < -0.4 is 0 Å². The van der Waals surface area contributed by atoms with Gasteiger partial charge in [-0.05, 0) is 12.1 Å². The van der Waals surface area contributed by atoms with Crippen LogP contribution in [0.1, 0.15) is 0 Å². The summed E-state index contributed by atoms with van der Waals surface area (Å²) in [5.41, 5.74) is -0.698. The molecule has 0 bridgehead atoms. The standard InChI is InChI=1S/C9H7NO3S/c11-8(12)7-9(13)14-6-4-2-1-3-5(6)10-7/h1-4,9,13H,(H,11,12). The lowest BCUT2D eigenvalue weighted by Crippen LogP contribution is -2.27. The number of hydrogen-bond acceptors (Lipinski definition) is 4. The Bertz CT molecular complexity index is 416. The number of carboxylic acid groups (broad SMARTS) is 1. The zero-order valence-electron chi connectivity index (χ0n) is 7.04. The first-order chi connectivity index (χ1) is 6.68. The number of aliphatic imine (C=N–C) groups is 1. The molecule has 72 valence electrons. The van der Waals surface area contributed by atoms with Crippen LogP contribution in [0.2, 0.25) is 0 Å². The number of thioether (sulfide) groups is 1. The molecule has 0 fully saturated rings. The molecule has 14 heavy (non-hydrogen) atoms. The van der Waals surface area contributed by atoms with Crippen molar-refractivity contribution in [2.24, 2.45) is 4.99 Å². The second kappa shape index (κ2) is 3.43. The second-order valence-corrected chi connectivity index (χ2v) is 3.86. The molecule has 1 aromatic carbocycles. The van der Waals surface area contributed by atoms with Crippen molar-refractivity contribution in [2.75, 3.05) is 0 Å². The Labute approximate surface area is 84.3 Å². The van der Waals surface area contributed by atoms with Gasteiger partial charge in [-0.1, -0.05) is 23.9 Å². The van der Waals surface area contributed by atoms with E-state index in [2.05, 4.69) is 4.99 Å². The molecule has 1 atom stereocenters. The minimum Gasteiger partial charge on any atom is -0.477 e. The summed E-state index contributed by atoms with van der Waals surface area (Å²) in [6.45, 7) is 0. The van der Waals surface area contributed by atoms with E-state index in [0.717, 1.165) is 16.7 Å². The Kier molecular flexibility index (Phi) is 2.26. The molecule has 5 heteroatoms. The number of aliphatic carboxylic acids is 1. The lowest BCUT2D eigenvalue weighted by Gasteiger charge is -2.17. The number of hydrogen-bond donors (Lipinski definition) is 2. The Balaban J connectivity index is 2.49. The van der Waals surface area contributed by atoms with Crippen LogP contribution in [0.4, 0.5) is 5.69 Å². The van der Waals surface area contributed by atoms with Crippen molar-refractivity contribution >= 4 is 29.1 Å². The average molecular weight is 209 g/mol. The highest BCUT2D eigenvalue weighted by Gasteiger charge is 2.26. The van der Waals surface area contributed by atoms with E-state index in [9.17, 15) is 9.90 Å². The minimum atomic E-state index is -1.18. The van der Waals surface area contributed by atoms with Crippen LogP contribution in [-0.4, -0.2) is 27.3 Å². The maximum atomic E-state index is 10.7. The molecule has 0 radical (unpaired) electrons. The number of benzene rings is 1. The summed E-state index contributed by atoms with van der Waals surface area (Å²) in [4.78, 5) is 15.3. The number of fused-ring (bicyclic) bond motifs is 1. The third-order valence-electron chi connectivity index (χ3n) is 1.80. The largest absolute Gasteiger partial charge is 0.477 e. The van der Waals surface area contributed by atoms with E-state index in [1.54, 1.807) is 18.2 Å². The molecule has 0 saturated heterocycles. The van der Waals surface area contributed by atoms with Crippen LogP contribution in [0.15, 0.2) is 34.2 Å². The van der Waals surface area contributed by atoms with Crippen LogP contribution >= 0.6 is 11.8 Å². The number of para-hydroxylation sites is 1. The minimum absolute atomic E-state index is 0.214. The summed E-state index contributed by atoms with van der Waals surface area (Å²) in [5.74, 6) is -1.18. The SMILES string of the molecule is O=C(O)C1=Nc2ccccc2SC1O. The molecule has 4 nitrogen and oxygen atoms in total. The highest BCUT2D eigenvalue weighted by Crippen LogP contribution is 2.36. The Morgan fingerprint density at radius 1 is 1.43 bits per heavy atom. The normalized spacial score (nSPS) is 19.8. The van der Waals surface area contributed by atoms with Gasteiger partial charge in [0.2, 0.25) is 0 Å². The molecule has 1 unspecified atom stereocenters. The number of nitrogens with zero attached hydrogens (tertiary/aromatic N) is 1. The summed E-state index contributed by atoms with van der Waals surface area (Å²) < 4.78 is 0.